The topological polar surface area (TPSA) is 61.4 Å². The van der Waals surface area contributed by atoms with Crippen LogP contribution in [0.2, 0.25) is 0 Å². The zero-order chi connectivity index (χ0) is 18.8. The maximum Gasteiger partial charge on any atom is 0.251 e. The highest BCUT2D eigenvalue weighted by atomic mass is 16.2. The number of nitrogens with one attached hydrogen (secondary N) is 2. The Hall–Kier alpha value is -2.66. The average Bonchev–Trinajstić information content (AvgIpc) is 2.95. The second-order valence-corrected chi connectivity index (χ2v) is 6.02. The van der Waals surface area contributed by atoms with Gasteiger partial charge in [-0.2, -0.15) is 0 Å². The third-order valence-electron chi connectivity index (χ3n) is 4.30. The van der Waals surface area contributed by atoms with Crippen LogP contribution in [0.15, 0.2) is 60.2 Å². The van der Waals surface area contributed by atoms with E-state index in [-0.39, 0.29) is 11.8 Å². The zero-order valence-corrected chi connectivity index (χ0v) is 15.5. The Balaban J connectivity index is 1.86. The Bertz CT molecular complexity index is 698. The molecule has 0 fully saturated rings. The summed E-state index contributed by atoms with van der Waals surface area (Å²) in [7, 11) is 0. The molecule has 0 heterocycles. The highest BCUT2D eigenvalue weighted by Gasteiger charge is 2.10. The van der Waals surface area contributed by atoms with Crippen molar-refractivity contribution in [3.63, 3.8) is 0 Å². The smallest absolute Gasteiger partial charge is 0.251 e. The molecular formula is C21H27N3O2. The van der Waals surface area contributed by atoms with Crippen LogP contribution >= 0.6 is 0 Å². The van der Waals surface area contributed by atoms with Crippen LogP contribution < -0.4 is 10.6 Å². The summed E-state index contributed by atoms with van der Waals surface area (Å²) >= 11 is 0. The zero-order valence-electron chi connectivity index (χ0n) is 15.5. The maximum absolute atomic E-state index is 12.3. The van der Waals surface area contributed by atoms with Gasteiger partial charge in [-0.05, 0) is 43.8 Å². The molecule has 1 aliphatic rings. The molecule has 0 radical (unpaired) electrons. The monoisotopic (exact) mass is 353 g/mol. The molecule has 0 spiro atoms. The number of hydrogen-bond donors (Lipinski definition) is 2. The van der Waals surface area contributed by atoms with Crippen molar-refractivity contribution in [3.05, 3.63) is 65.8 Å². The van der Waals surface area contributed by atoms with Gasteiger partial charge >= 0.3 is 0 Å². The number of anilines is 1. The van der Waals surface area contributed by atoms with Gasteiger partial charge in [0.1, 0.15) is 0 Å². The van der Waals surface area contributed by atoms with Crippen molar-refractivity contribution in [2.24, 2.45) is 0 Å². The Kier molecular flexibility index (Phi) is 7.83. The molecule has 1 aromatic rings. The molecule has 0 atom stereocenters. The Morgan fingerprint density at radius 2 is 1.73 bits per heavy atom. The highest BCUT2D eigenvalue weighted by molar-refractivity contribution is 6.04. The van der Waals surface area contributed by atoms with Crippen molar-refractivity contribution in [2.45, 2.75) is 20.3 Å². The number of likely N-dealkylation sites (N-methyl/N-ethyl adjacent to an activating group) is 1. The van der Waals surface area contributed by atoms with Gasteiger partial charge < -0.3 is 15.5 Å². The largest absolute Gasteiger partial charge is 0.351 e. The molecule has 2 rings (SSSR count). The fourth-order valence-corrected chi connectivity index (χ4v) is 2.63. The first-order valence-electron chi connectivity index (χ1n) is 9.08. The van der Waals surface area contributed by atoms with Crippen molar-refractivity contribution < 1.29 is 9.59 Å². The molecular weight excluding hydrogens is 326 g/mol. The molecule has 1 aliphatic carbocycles. The van der Waals surface area contributed by atoms with E-state index in [0.717, 1.165) is 19.6 Å². The first kappa shape index (κ1) is 19.7. The molecule has 0 saturated carbocycles. The minimum absolute atomic E-state index is 0.100. The van der Waals surface area contributed by atoms with Gasteiger partial charge in [0.2, 0.25) is 0 Å². The fourth-order valence-electron chi connectivity index (χ4n) is 2.63. The summed E-state index contributed by atoms with van der Waals surface area (Å²) in [6.45, 7) is 7.62. The Labute approximate surface area is 155 Å². The predicted molar refractivity (Wildman–Crippen MR) is 106 cm³/mol. The maximum atomic E-state index is 12.3. The SMILES string of the molecule is CCN(CC)CCNC(=O)c1ccc(NC(=O)C2=CC=CC=CC2)cc1. The third-order valence-corrected chi connectivity index (χ3v) is 4.30. The standard InChI is InChI=1S/C21H27N3O2/c1-3-24(4-2)16-15-22-20(25)18-11-13-19(14-12-18)23-21(26)17-9-7-5-6-8-10-17/h5-9,11-14H,3-4,10,15-16H2,1-2H3,(H,22,25)(H,23,26). The number of benzene rings is 1. The van der Waals surface area contributed by atoms with E-state index in [4.69, 9.17) is 0 Å². The van der Waals surface area contributed by atoms with Crippen LogP contribution in [0.4, 0.5) is 5.69 Å². The summed E-state index contributed by atoms with van der Waals surface area (Å²) in [5.41, 5.74) is 1.96. The van der Waals surface area contributed by atoms with Gasteiger partial charge in [-0.15, -0.1) is 0 Å². The van der Waals surface area contributed by atoms with Crippen LogP contribution in [-0.4, -0.2) is 42.9 Å². The number of allylic oxidation sites excluding steroid dienone is 5. The van der Waals surface area contributed by atoms with Gasteiger partial charge in [0.05, 0.1) is 0 Å². The van der Waals surface area contributed by atoms with Gasteiger partial charge in [0.25, 0.3) is 11.8 Å². The summed E-state index contributed by atoms with van der Waals surface area (Å²) in [5, 5.41) is 5.79. The van der Waals surface area contributed by atoms with Crippen LogP contribution in [-0.2, 0) is 4.79 Å². The predicted octanol–water partition coefficient (Wildman–Crippen LogP) is 3.14. The van der Waals surface area contributed by atoms with E-state index in [9.17, 15) is 9.59 Å². The molecule has 0 unspecified atom stereocenters. The van der Waals surface area contributed by atoms with E-state index < -0.39 is 0 Å². The van der Waals surface area contributed by atoms with Gasteiger partial charge in [-0.3, -0.25) is 9.59 Å². The van der Waals surface area contributed by atoms with E-state index in [1.54, 1.807) is 24.3 Å². The lowest BCUT2D eigenvalue weighted by molar-refractivity contribution is -0.112. The molecule has 0 saturated heterocycles. The van der Waals surface area contributed by atoms with Crippen molar-refractivity contribution >= 4 is 17.5 Å². The molecule has 1 aromatic carbocycles. The lowest BCUT2D eigenvalue weighted by Gasteiger charge is -2.18. The van der Waals surface area contributed by atoms with Crippen LogP contribution in [0.3, 0.4) is 0 Å². The molecule has 2 amide bonds. The third kappa shape index (κ3) is 6.01. The average molecular weight is 353 g/mol. The molecule has 0 aliphatic heterocycles. The summed E-state index contributed by atoms with van der Waals surface area (Å²) < 4.78 is 0. The van der Waals surface area contributed by atoms with E-state index in [1.165, 1.54) is 0 Å². The van der Waals surface area contributed by atoms with Crippen molar-refractivity contribution in [3.8, 4) is 0 Å². The molecule has 5 nitrogen and oxygen atoms in total. The van der Waals surface area contributed by atoms with Crippen LogP contribution in [0.1, 0.15) is 30.6 Å². The van der Waals surface area contributed by atoms with E-state index in [1.807, 2.05) is 30.4 Å². The number of hydrogen-bond acceptors (Lipinski definition) is 3. The van der Waals surface area contributed by atoms with Crippen molar-refractivity contribution in [2.75, 3.05) is 31.5 Å². The first-order chi connectivity index (χ1) is 12.6. The van der Waals surface area contributed by atoms with Crippen LogP contribution in [0, 0.1) is 0 Å². The van der Waals surface area contributed by atoms with Crippen LogP contribution in [0.5, 0.6) is 0 Å². The highest BCUT2D eigenvalue weighted by Crippen LogP contribution is 2.14. The second kappa shape index (κ2) is 10.4. The number of nitrogens with zero attached hydrogens (tertiary/aromatic N) is 1. The minimum atomic E-state index is -0.127. The summed E-state index contributed by atoms with van der Waals surface area (Å²) in [6, 6.07) is 6.95. The van der Waals surface area contributed by atoms with E-state index in [0.29, 0.717) is 29.8 Å². The molecule has 138 valence electrons. The summed E-state index contributed by atoms with van der Waals surface area (Å²) in [6.07, 6.45) is 10.0. The minimum Gasteiger partial charge on any atom is -0.351 e. The van der Waals surface area contributed by atoms with E-state index >= 15 is 0 Å². The number of carbonyl (C=O) groups is 2. The lowest BCUT2D eigenvalue weighted by atomic mass is 10.1. The number of rotatable bonds is 8. The van der Waals surface area contributed by atoms with E-state index in [2.05, 4.69) is 29.4 Å². The van der Waals surface area contributed by atoms with Gasteiger partial charge in [-0.25, -0.2) is 0 Å². The molecule has 0 bridgehead atoms. The normalized spacial score (nSPS) is 13.3. The van der Waals surface area contributed by atoms with Crippen molar-refractivity contribution in [1.82, 2.24) is 10.2 Å². The molecule has 2 N–H and O–H groups in total. The summed E-state index contributed by atoms with van der Waals surface area (Å²) in [4.78, 5) is 26.7. The van der Waals surface area contributed by atoms with Gasteiger partial charge in [0.15, 0.2) is 0 Å². The Morgan fingerprint density at radius 3 is 2.42 bits per heavy atom. The van der Waals surface area contributed by atoms with Crippen LogP contribution in [0.25, 0.3) is 0 Å². The number of carbonyl (C=O) groups excluding carboxylic acids is 2. The number of amides is 2. The fraction of sp³-hybridized carbons (Fsp3) is 0.333. The second-order valence-electron chi connectivity index (χ2n) is 6.02. The molecule has 26 heavy (non-hydrogen) atoms. The quantitative estimate of drug-likeness (QED) is 0.755. The molecule has 0 aromatic heterocycles. The lowest BCUT2D eigenvalue weighted by Crippen LogP contribution is -2.34. The van der Waals surface area contributed by atoms with Gasteiger partial charge in [-0.1, -0.05) is 44.2 Å². The van der Waals surface area contributed by atoms with Gasteiger partial charge in [0, 0.05) is 29.9 Å². The Morgan fingerprint density at radius 1 is 1.00 bits per heavy atom. The van der Waals surface area contributed by atoms with Crippen molar-refractivity contribution in [1.29, 1.82) is 0 Å². The molecule has 5 heteroatoms. The first-order valence-corrected chi connectivity index (χ1v) is 9.08. The summed E-state index contributed by atoms with van der Waals surface area (Å²) in [5.74, 6) is -0.227.